The molecule has 4 rings (SSSR count). The summed E-state index contributed by atoms with van der Waals surface area (Å²) >= 11 is 12.6. The smallest absolute Gasteiger partial charge is 0.317 e. The molecule has 178 valence electrons. The first kappa shape index (κ1) is 23.9. The molecule has 0 unspecified atom stereocenters. The molecule has 0 aromatic heterocycles. The highest BCUT2D eigenvalue weighted by Crippen LogP contribution is 2.33. The average molecular weight is 483 g/mol. The van der Waals surface area contributed by atoms with E-state index in [4.69, 9.17) is 23.2 Å². The molecule has 1 aromatic carbocycles. The first-order chi connectivity index (χ1) is 15.5. The summed E-state index contributed by atoms with van der Waals surface area (Å²) in [5.41, 5.74) is 1.04. The molecule has 3 aliphatic rings. The van der Waals surface area contributed by atoms with Crippen molar-refractivity contribution < 1.29 is 9.90 Å². The Balaban J connectivity index is 1.12. The van der Waals surface area contributed by atoms with Crippen LogP contribution >= 0.6 is 23.2 Å². The number of nitrogens with zero attached hydrogens (tertiary/aromatic N) is 3. The van der Waals surface area contributed by atoms with Crippen molar-refractivity contribution in [2.24, 2.45) is 5.92 Å². The molecule has 0 atom stereocenters. The van der Waals surface area contributed by atoms with E-state index in [1.54, 1.807) is 0 Å². The zero-order chi connectivity index (χ0) is 22.5. The molecule has 32 heavy (non-hydrogen) atoms. The van der Waals surface area contributed by atoms with Gasteiger partial charge in [-0.1, -0.05) is 29.3 Å². The van der Waals surface area contributed by atoms with Crippen molar-refractivity contribution in [1.82, 2.24) is 15.1 Å². The van der Waals surface area contributed by atoms with Crippen molar-refractivity contribution in [3.63, 3.8) is 0 Å². The van der Waals surface area contributed by atoms with Crippen molar-refractivity contribution >= 4 is 34.9 Å². The number of carbonyl (C=O) groups is 1. The number of urea groups is 1. The third kappa shape index (κ3) is 6.22. The van der Waals surface area contributed by atoms with Gasteiger partial charge in [0.05, 0.1) is 21.8 Å². The van der Waals surface area contributed by atoms with Crippen LogP contribution in [0.25, 0.3) is 0 Å². The van der Waals surface area contributed by atoms with Gasteiger partial charge in [-0.05, 0) is 69.5 Å². The summed E-state index contributed by atoms with van der Waals surface area (Å²) in [7, 11) is 0. The number of rotatable bonds is 5. The van der Waals surface area contributed by atoms with E-state index in [9.17, 15) is 9.90 Å². The molecule has 2 saturated heterocycles. The Hall–Kier alpha value is -1.21. The number of carbonyl (C=O) groups excluding carboxylic acids is 1. The van der Waals surface area contributed by atoms with Gasteiger partial charge in [0, 0.05) is 45.3 Å². The number of aliphatic hydroxyl groups excluding tert-OH is 1. The van der Waals surface area contributed by atoms with Gasteiger partial charge in [-0.25, -0.2) is 4.79 Å². The first-order valence-corrected chi connectivity index (χ1v) is 12.9. The number of hydrogen-bond acceptors (Lipinski definition) is 4. The van der Waals surface area contributed by atoms with E-state index in [1.807, 2.05) is 17.0 Å². The fraction of sp³-hybridized carbons (Fsp3) is 0.708. The minimum atomic E-state index is -0.243. The van der Waals surface area contributed by atoms with Gasteiger partial charge in [0.15, 0.2) is 0 Å². The van der Waals surface area contributed by atoms with Crippen LogP contribution in [0.3, 0.4) is 0 Å². The van der Waals surface area contributed by atoms with Crippen LogP contribution in [0.1, 0.15) is 44.9 Å². The van der Waals surface area contributed by atoms with Crippen molar-refractivity contribution in [3.05, 3.63) is 28.2 Å². The van der Waals surface area contributed by atoms with Crippen LogP contribution < -0.4 is 10.2 Å². The lowest BCUT2D eigenvalue weighted by Gasteiger charge is -2.38. The maximum absolute atomic E-state index is 12.5. The van der Waals surface area contributed by atoms with Gasteiger partial charge >= 0.3 is 6.03 Å². The Bertz CT molecular complexity index is 756. The highest BCUT2D eigenvalue weighted by atomic mass is 35.5. The van der Waals surface area contributed by atoms with Gasteiger partial charge in [-0.3, -0.25) is 4.90 Å². The standard InChI is InChI=1S/C24H36Cl2N4O2/c25-21-2-1-3-22(23(21)26)29-16-14-28(15-17-29)11-8-18-4-6-19(7-5-18)27-24(32)30-12-9-20(31)10-13-30/h1-3,18-20,31H,4-17H2,(H,27,32)/t18-,19-. The Morgan fingerprint density at radius 3 is 2.34 bits per heavy atom. The van der Waals surface area contributed by atoms with Crippen molar-refractivity contribution in [3.8, 4) is 0 Å². The first-order valence-electron chi connectivity index (χ1n) is 12.1. The largest absolute Gasteiger partial charge is 0.393 e. The van der Waals surface area contributed by atoms with Gasteiger partial charge in [-0.15, -0.1) is 0 Å². The van der Waals surface area contributed by atoms with Crippen LogP contribution in [0.15, 0.2) is 18.2 Å². The van der Waals surface area contributed by atoms with Gasteiger partial charge < -0.3 is 20.2 Å². The Morgan fingerprint density at radius 1 is 0.969 bits per heavy atom. The van der Waals surface area contributed by atoms with Gasteiger partial charge in [0.1, 0.15) is 0 Å². The summed E-state index contributed by atoms with van der Waals surface area (Å²) in [6.45, 7) is 6.55. The monoisotopic (exact) mass is 482 g/mol. The Labute approximate surface area is 201 Å². The van der Waals surface area contributed by atoms with Crippen LogP contribution in [-0.4, -0.2) is 78.9 Å². The highest BCUT2D eigenvalue weighted by molar-refractivity contribution is 6.43. The second kappa shape index (κ2) is 11.3. The summed E-state index contributed by atoms with van der Waals surface area (Å²) in [4.78, 5) is 19.2. The molecule has 6 nitrogen and oxygen atoms in total. The minimum absolute atomic E-state index is 0.0537. The van der Waals surface area contributed by atoms with E-state index in [0.717, 1.165) is 57.2 Å². The SMILES string of the molecule is O=C(N[C@H]1CC[C@H](CCN2CCN(c3cccc(Cl)c3Cl)CC2)CC1)N1CCC(O)CC1. The average Bonchev–Trinajstić information content (AvgIpc) is 2.81. The number of piperazine rings is 1. The maximum atomic E-state index is 12.5. The quantitative estimate of drug-likeness (QED) is 0.658. The number of likely N-dealkylation sites (tertiary alicyclic amines) is 1. The maximum Gasteiger partial charge on any atom is 0.317 e. The third-order valence-electron chi connectivity index (χ3n) is 7.42. The van der Waals surface area contributed by atoms with Crippen molar-refractivity contribution in [2.45, 2.75) is 57.1 Å². The van der Waals surface area contributed by atoms with E-state index in [2.05, 4.69) is 21.2 Å². The van der Waals surface area contributed by atoms with Gasteiger partial charge in [0.25, 0.3) is 0 Å². The molecule has 0 radical (unpaired) electrons. The predicted molar refractivity (Wildman–Crippen MR) is 131 cm³/mol. The molecule has 1 saturated carbocycles. The molecule has 2 heterocycles. The number of halogens is 2. The van der Waals surface area contributed by atoms with E-state index >= 15 is 0 Å². The lowest BCUT2D eigenvalue weighted by Crippen LogP contribution is -2.49. The molecule has 1 aromatic rings. The number of benzene rings is 1. The van der Waals surface area contributed by atoms with E-state index in [-0.39, 0.29) is 12.1 Å². The zero-order valence-electron chi connectivity index (χ0n) is 18.8. The zero-order valence-corrected chi connectivity index (χ0v) is 20.3. The molecule has 2 N–H and O–H groups in total. The second-order valence-corrected chi connectivity index (χ2v) is 10.4. The minimum Gasteiger partial charge on any atom is -0.393 e. The van der Waals surface area contributed by atoms with Crippen LogP contribution in [0.5, 0.6) is 0 Å². The number of aliphatic hydroxyl groups is 1. The van der Waals surface area contributed by atoms with Crippen LogP contribution in [0.4, 0.5) is 10.5 Å². The predicted octanol–water partition coefficient (Wildman–Crippen LogP) is 4.23. The van der Waals surface area contributed by atoms with Crippen molar-refractivity contribution in [1.29, 1.82) is 0 Å². The Kier molecular flexibility index (Phi) is 8.43. The number of piperidine rings is 1. The molecule has 1 aliphatic carbocycles. The van der Waals surface area contributed by atoms with Crippen LogP contribution in [0.2, 0.25) is 10.0 Å². The fourth-order valence-electron chi connectivity index (χ4n) is 5.24. The number of nitrogens with one attached hydrogen (secondary N) is 1. The molecule has 2 amide bonds. The van der Waals surface area contributed by atoms with Crippen LogP contribution in [-0.2, 0) is 0 Å². The second-order valence-electron chi connectivity index (χ2n) is 9.58. The van der Waals surface area contributed by atoms with E-state index in [1.165, 1.54) is 19.3 Å². The summed E-state index contributed by atoms with van der Waals surface area (Å²) < 4.78 is 0. The molecule has 8 heteroatoms. The molecule has 0 spiro atoms. The van der Waals surface area contributed by atoms with E-state index in [0.29, 0.717) is 42.0 Å². The molecule has 0 bridgehead atoms. The summed E-state index contributed by atoms with van der Waals surface area (Å²) in [6.07, 6.45) is 6.93. The van der Waals surface area contributed by atoms with E-state index < -0.39 is 0 Å². The molecular weight excluding hydrogens is 447 g/mol. The molecule has 3 fully saturated rings. The summed E-state index contributed by atoms with van der Waals surface area (Å²) in [5, 5.41) is 14.1. The number of anilines is 1. The third-order valence-corrected chi connectivity index (χ3v) is 8.23. The normalized spacial score (nSPS) is 25.7. The van der Waals surface area contributed by atoms with Gasteiger partial charge in [-0.2, -0.15) is 0 Å². The molecule has 2 aliphatic heterocycles. The Morgan fingerprint density at radius 2 is 1.66 bits per heavy atom. The molecular formula is C24H36Cl2N4O2. The number of hydrogen-bond donors (Lipinski definition) is 2. The van der Waals surface area contributed by atoms with Gasteiger partial charge in [0.2, 0.25) is 0 Å². The lowest BCUT2D eigenvalue weighted by atomic mass is 9.84. The fourth-order valence-corrected chi connectivity index (χ4v) is 5.66. The summed E-state index contributed by atoms with van der Waals surface area (Å²) in [6, 6.07) is 6.21. The highest BCUT2D eigenvalue weighted by Gasteiger charge is 2.27. The van der Waals surface area contributed by atoms with Crippen LogP contribution in [0, 0.1) is 5.92 Å². The summed E-state index contributed by atoms with van der Waals surface area (Å²) in [5.74, 6) is 0.758. The number of amides is 2. The van der Waals surface area contributed by atoms with Crippen molar-refractivity contribution in [2.75, 3.05) is 50.7 Å². The lowest BCUT2D eigenvalue weighted by molar-refractivity contribution is 0.0919. The topological polar surface area (TPSA) is 59.1 Å².